The summed E-state index contributed by atoms with van der Waals surface area (Å²) in [4.78, 5) is 27.7. The Hall–Kier alpha value is -2.33. The first-order valence-electron chi connectivity index (χ1n) is 4.37. The average molecular weight is 285 g/mol. The Morgan fingerprint density at radius 3 is 2.11 bits per heavy atom. The second-order valence-electron chi connectivity index (χ2n) is 3.08. The van der Waals surface area contributed by atoms with Crippen LogP contribution in [0.5, 0.6) is 0 Å². The number of rotatable bonds is 3. The molecular weight excluding hydrogens is 281 g/mol. The lowest BCUT2D eigenvalue weighted by atomic mass is 10.3. The Morgan fingerprint density at radius 2 is 1.63 bits per heavy atom. The molecule has 0 bridgehead atoms. The molecule has 0 saturated carbocycles. The molecule has 0 aliphatic carbocycles. The molecule has 0 fully saturated rings. The van der Waals surface area contributed by atoms with Crippen LogP contribution in [0.1, 0.15) is 10.5 Å². The molecule has 0 aromatic carbocycles. The Kier molecular flexibility index (Phi) is 3.68. The molecule has 19 heavy (non-hydrogen) atoms. The van der Waals surface area contributed by atoms with Gasteiger partial charge in [0.15, 0.2) is 11.5 Å². The summed E-state index contributed by atoms with van der Waals surface area (Å²) in [6.07, 6.45) is -4.43. The standard InChI is InChI=1S/C8H4F5N3O3/c9-7(10,8(11,12)13)6(19)16-4-3(5(17)18)14-1-2-15-4/h1-2H,(H,17,18)(H,15,16,19). The van der Waals surface area contributed by atoms with Gasteiger partial charge in [0, 0.05) is 12.4 Å². The number of carbonyl (C=O) groups is 2. The van der Waals surface area contributed by atoms with Gasteiger partial charge in [0.2, 0.25) is 0 Å². The van der Waals surface area contributed by atoms with Crippen LogP contribution in [0.3, 0.4) is 0 Å². The predicted octanol–water partition coefficient (Wildman–Crippen LogP) is 1.31. The second-order valence-corrected chi connectivity index (χ2v) is 3.08. The number of aromatic nitrogens is 2. The summed E-state index contributed by atoms with van der Waals surface area (Å²) < 4.78 is 60.9. The van der Waals surface area contributed by atoms with Crippen molar-refractivity contribution in [2.45, 2.75) is 12.1 Å². The topological polar surface area (TPSA) is 92.2 Å². The highest BCUT2D eigenvalue weighted by atomic mass is 19.4. The van der Waals surface area contributed by atoms with Gasteiger partial charge in [-0.05, 0) is 0 Å². The summed E-state index contributed by atoms with van der Waals surface area (Å²) in [6, 6.07) is 0. The SMILES string of the molecule is O=C(O)c1nccnc1NC(=O)C(F)(F)C(F)(F)F. The van der Waals surface area contributed by atoms with Crippen LogP contribution in [0.4, 0.5) is 27.8 Å². The highest BCUT2D eigenvalue weighted by Gasteiger charge is 2.63. The Labute approximate surface area is 101 Å². The van der Waals surface area contributed by atoms with E-state index in [0.717, 1.165) is 17.7 Å². The molecule has 1 heterocycles. The number of carboxylic acids is 1. The van der Waals surface area contributed by atoms with E-state index in [1.165, 1.54) is 0 Å². The van der Waals surface area contributed by atoms with E-state index >= 15 is 0 Å². The minimum absolute atomic E-state index is 0.813. The van der Waals surface area contributed by atoms with Crippen LogP contribution in [0.15, 0.2) is 12.4 Å². The van der Waals surface area contributed by atoms with Gasteiger partial charge in [-0.25, -0.2) is 14.8 Å². The highest BCUT2D eigenvalue weighted by molar-refractivity contribution is 6.00. The van der Waals surface area contributed by atoms with Gasteiger partial charge in [0.25, 0.3) is 0 Å². The maximum atomic E-state index is 12.6. The zero-order chi connectivity index (χ0) is 14.8. The average Bonchev–Trinajstić information content (AvgIpc) is 2.27. The monoisotopic (exact) mass is 285 g/mol. The third-order valence-corrected chi connectivity index (χ3v) is 1.77. The van der Waals surface area contributed by atoms with E-state index in [1.807, 2.05) is 0 Å². The molecule has 0 saturated heterocycles. The lowest BCUT2D eigenvalue weighted by Gasteiger charge is -2.18. The summed E-state index contributed by atoms with van der Waals surface area (Å²) in [5.74, 6) is -11.2. The molecule has 1 rings (SSSR count). The van der Waals surface area contributed by atoms with E-state index in [-0.39, 0.29) is 0 Å². The number of carboxylic acid groups (broad SMARTS) is 1. The van der Waals surface area contributed by atoms with Gasteiger partial charge in [0.05, 0.1) is 0 Å². The number of nitrogens with zero attached hydrogens (tertiary/aromatic N) is 2. The quantitative estimate of drug-likeness (QED) is 0.817. The van der Waals surface area contributed by atoms with Gasteiger partial charge in [-0.2, -0.15) is 22.0 Å². The zero-order valence-corrected chi connectivity index (χ0v) is 8.70. The molecule has 1 aromatic rings. The Bertz CT molecular complexity index is 517. The lowest BCUT2D eigenvalue weighted by Crippen LogP contribution is -2.47. The lowest BCUT2D eigenvalue weighted by molar-refractivity contribution is -0.267. The smallest absolute Gasteiger partial charge is 0.463 e. The zero-order valence-electron chi connectivity index (χ0n) is 8.70. The number of alkyl halides is 5. The van der Waals surface area contributed by atoms with E-state index in [4.69, 9.17) is 5.11 Å². The van der Waals surface area contributed by atoms with E-state index in [2.05, 4.69) is 9.97 Å². The van der Waals surface area contributed by atoms with Crippen LogP contribution in [-0.4, -0.2) is 39.0 Å². The van der Waals surface area contributed by atoms with Crippen molar-refractivity contribution < 1.29 is 36.6 Å². The van der Waals surface area contributed by atoms with Gasteiger partial charge < -0.3 is 10.4 Å². The van der Waals surface area contributed by atoms with Crippen molar-refractivity contribution in [1.82, 2.24) is 9.97 Å². The van der Waals surface area contributed by atoms with E-state index in [9.17, 15) is 31.5 Å². The largest absolute Gasteiger partial charge is 0.476 e. The maximum absolute atomic E-state index is 12.6. The highest BCUT2D eigenvalue weighted by Crippen LogP contribution is 2.36. The van der Waals surface area contributed by atoms with Crippen LogP contribution in [0, 0.1) is 0 Å². The summed E-state index contributed by atoms with van der Waals surface area (Å²) in [5.41, 5.74) is -0.964. The van der Waals surface area contributed by atoms with Crippen molar-refractivity contribution in [2.24, 2.45) is 0 Å². The summed E-state index contributed by atoms with van der Waals surface area (Å²) >= 11 is 0. The molecule has 1 aromatic heterocycles. The molecule has 1 amide bonds. The van der Waals surface area contributed by atoms with Crippen LogP contribution < -0.4 is 5.32 Å². The van der Waals surface area contributed by atoms with Crippen LogP contribution in [0.25, 0.3) is 0 Å². The Morgan fingerprint density at radius 1 is 1.11 bits per heavy atom. The number of hydrogen-bond donors (Lipinski definition) is 2. The molecule has 0 radical (unpaired) electrons. The molecule has 0 spiro atoms. The molecule has 0 unspecified atom stereocenters. The second kappa shape index (κ2) is 4.74. The predicted molar refractivity (Wildman–Crippen MR) is 48.6 cm³/mol. The number of amides is 1. The normalized spacial score (nSPS) is 12.1. The number of hydrogen-bond acceptors (Lipinski definition) is 4. The molecule has 0 aliphatic heterocycles. The molecule has 0 atom stereocenters. The number of nitrogens with one attached hydrogen (secondary N) is 1. The maximum Gasteiger partial charge on any atom is 0.463 e. The molecule has 0 aliphatic rings. The fourth-order valence-corrected chi connectivity index (χ4v) is 0.901. The first-order valence-corrected chi connectivity index (χ1v) is 4.37. The summed E-state index contributed by atoms with van der Waals surface area (Å²) in [6.45, 7) is 0. The van der Waals surface area contributed by atoms with Gasteiger partial charge in [-0.15, -0.1) is 0 Å². The third-order valence-electron chi connectivity index (χ3n) is 1.77. The van der Waals surface area contributed by atoms with Gasteiger partial charge >= 0.3 is 24.0 Å². The first kappa shape index (κ1) is 14.7. The van der Waals surface area contributed by atoms with Gasteiger partial charge in [0.1, 0.15) is 0 Å². The molecule has 104 valence electrons. The van der Waals surface area contributed by atoms with Crippen molar-refractivity contribution in [3.8, 4) is 0 Å². The fourth-order valence-electron chi connectivity index (χ4n) is 0.901. The summed E-state index contributed by atoms with van der Waals surface area (Å²) in [5, 5.41) is 9.65. The minimum Gasteiger partial charge on any atom is -0.476 e. The van der Waals surface area contributed by atoms with E-state index in [0.29, 0.717) is 0 Å². The molecule has 6 nitrogen and oxygen atoms in total. The number of carbonyl (C=O) groups excluding carboxylic acids is 1. The van der Waals surface area contributed by atoms with E-state index in [1.54, 1.807) is 0 Å². The molecule has 11 heteroatoms. The van der Waals surface area contributed by atoms with Crippen LogP contribution >= 0.6 is 0 Å². The third kappa shape index (κ3) is 2.92. The van der Waals surface area contributed by atoms with Crippen molar-refractivity contribution in [1.29, 1.82) is 0 Å². The summed E-state index contributed by atoms with van der Waals surface area (Å²) in [7, 11) is 0. The van der Waals surface area contributed by atoms with Crippen LogP contribution in [-0.2, 0) is 4.79 Å². The van der Waals surface area contributed by atoms with Crippen molar-refractivity contribution in [3.63, 3.8) is 0 Å². The van der Waals surface area contributed by atoms with E-state index < -0.39 is 35.5 Å². The molecular formula is C8H4F5N3O3. The number of aromatic carboxylic acids is 1. The van der Waals surface area contributed by atoms with Crippen molar-refractivity contribution in [3.05, 3.63) is 18.1 Å². The Balaban J connectivity index is 3.05. The van der Waals surface area contributed by atoms with Crippen LogP contribution in [0.2, 0.25) is 0 Å². The van der Waals surface area contributed by atoms with Crippen molar-refractivity contribution in [2.75, 3.05) is 5.32 Å². The van der Waals surface area contributed by atoms with Gasteiger partial charge in [-0.3, -0.25) is 4.79 Å². The number of halogens is 5. The van der Waals surface area contributed by atoms with Crippen molar-refractivity contribution >= 4 is 17.7 Å². The molecule has 2 N–H and O–H groups in total. The fraction of sp³-hybridized carbons (Fsp3) is 0.250. The van der Waals surface area contributed by atoms with Gasteiger partial charge in [-0.1, -0.05) is 0 Å². The minimum atomic E-state index is -6.11. The number of anilines is 1. The first-order chi connectivity index (χ1) is 8.57.